The number of hydrogen-bond acceptors (Lipinski definition) is 4. The van der Waals surface area contributed by atoms with Crippen molar-refractivity contribution in [3.8, 4) is 0 Å². The molecule has 0 aliphatic heterocycles. The first-order chi connectivity index (χ1) is 10.3. The number of halogens is 1. The Morgan fingerprint density at radius 2 is 1.86 bits per heavy atom. The minimum atomic E-state index is -3.62. The molecule has 7 heteroatoms. The van der Waals surface area contributed by atoms with Crippen LogP contribution in [0.25, 0.3) is 0 Å². The molecule has 0 spiro atoms. The first-order valence-electron chi connectivity index (χ1n) is 7.25. The van der Waals surface area contributed by atoms with E-state index in [0.29, 0.717) is 4.47 Å². The summed E-state index contributed by atoms with van der Waals surface area (Å²) in [5.41, 5.74) is 0.259. The molecular weight excluding hydrogens is 370 g/mol. The molecule has 0 atom stereocenters. The minimum Gasteiger partial charge on any atom is -0.459 e. The number of carbonyl (C=O) groups is 1. The Labute approximate surface area is 139 Å². The lowest BCUT2D eigenvalue weighted by Crippen LogP contribution is -2.24. The fourth-order valence-electron chi connectivity index (χ4n) is 2.43. The number of carbonyl (C=O) groups excluding carboxylic acids is 1. The third kappa shape index (κ3) is 3.88. The quantitative estimate of drug-likeness (QED) is 0.741. The van der Waals surface area contributed by atoms with Crippen molar-refractivity contribution in [2.75, 3.05) is 14.1 Å². The molecule has 1 fully saturated rings. The maximum atomic E-state index is 12.3. The average Bonchev–Trinajstić information content (AvgIpc) is 2.48. The minimum absolute atomic E-state index is 0.0567. The Morgan fingerprint density at radius 3 is 2.45 bits per heavy atom. The van der Waals surface area contributed by atoms with E-state index in [4.69, 9.17) is 4.74 Å². The van der Waals surface area contributed by atoms with Crippen LogP contribution in [0.5, 0.6) is 0 Å². The van der Waals surface area contributed by atoms with Gasteiger partial charge in [-0.1, -0.05) is 6.42 Å². The second-order valence-electron chi connectivity index (χ2n) is 5.60. The summed E-state index contributed by atoms with van der Waals surface area (Å²) in [5.74, 6) is -0.463. The van der Waals surface area contributed by atoms with Gasteiger partial charge in [-0.3, -0.25) is 0 Å². The van der Waals surface area contributed by atoms with Gasteiger partial charge in [0.15, 0.2) is 0 Å². The van der Waals surface area contributed by atoms with Crippen molar-refractivity contribution in [3.63, 3.8) is 0 Å². The Hall–Kier alpha value is -0.920. The Balaban J connectivity index is 2.23. The molecule has 0 bridgehead atoms. The summed E-state index contributed by atoms with van der Waals surface area (Å²) >= 11 is 3.22. The molecule has 1 aliphatic carbocycles. The largest absolute Gasteiger partial charge is 0.459 e. The lowest BCUT2D eigenvalue weighted by molar-refractivity contribution is 0.0211. The molecule has 122 valence electrons. The van der Waals surface area contributed by atoms with Crippen LogP contribution in [-0.4, -0.2) is 38.9 Å². The van der Waals surface area contributed by atoms with Crippen molar-refractivity contribution in [2.24, 2.45) is 0 Å². The number of ether oxygens (including phenoxy) is 1. The van der Waals surface area contributed by atoms with Crippen LogP contribution in [0.3, 0.4) is 0 Å². The van der Waals surface area contributed by atoms with Crippen LogP contribution in [0.1, 0.15) is 42.5 Å². The van der Waals surface area contributed by atoms with Gasteiger partial charge in [-0.15, -0.1) is 0 Å². The highest BCUT2D eigenvalue weighted by Gasteiger charge is 2.24. The van der Waals surface area contributed by atoms with E-state index in [-0.39, 0.29) is 16.6 Å². The van der Waals surface area contributed by atoms with Gasteiger partial charge in [-0.2, -0.15) is 0 Å². The van der Waals surface area contributed by atoms with E-state index >= 15 is 0 Å². The van der Waals surface area contributed by atoms with E-state index in [0.717, 1.165) is 30.0 Å². The van der Waals surface area contributed by atoms with Gasteiger partial charge in [-0.25, -0.2) is 17.5 Å². The number of esters is 1. The predicted octanol–water partition coefficient (Wildman–Crippen LogP) is 3.19. The lowest BCUT2D eigenvalue weighted by Gasteiger charge is -2.22. The summed E-state index contributed by atoms with van der Waals surface area (Å²) in [5, 5.41) is 0. The Kier molecular flexibility index (Phi) is 5.63. The van der Waals surface area contributed by atoms with Crippen LogP contribution in [0.15, 0.2) is 27.6 Å². The second kappa shape index (κ2) is 7.10. The van der Waals surface area contributed by atoms with Gasteiger partial charge in [0.1, 0.15) is 6.10 Å². The standard InChI is InChI=1S/C15H20BrNO4S/c1-17(2)22(19,20)14-10-11(8-9-13(14)16)15(18)21-12-6-4-3-5-7-12/h8-10,12H,3-7H2,1-2H3. The van der Waals surface area contributed by atoms with Gasteiger partial charge < -0.3 is 4.74 Å². The summed E-state index contributed by atoms with van der Waals surface area (Å²) in [7, 11) is -0.712. The molecule has 2 rings (SSSR count). The Morgan fingerprint density at radius 1 is 1.23 bits per heavy atom. The molecule has 0 unspecified atom stereocenters. The lowest BCUT2D eigenvalue weighted by atomic mass is 9.98. The molecule has 1 saturated carbocycles. The number of rotatable bonds is 4. The van der Waals surface area contributed by atoms with E-state index in [1.807, 2.05) is 0 Å². The van der Waals surface area contributed by atoms with Crippen LogP contribution in [-0.2, 0) is 14.8 Å². The van der Waals surface area contributed by atoms with E-state index in [9.17, 15) is 13.2 Å². The fourth-order valence-corrected chi connectivity index (χ4v) is 4.27. The van der Waals surface area contributed by atoms with Crippen LogP contribution in [0, 0.1) is 0 Å². The van der Waals surface area contributed by atoms with Crippen molar-refractivity contribution in [1.82, 2.24) is 4.31 Å². The zero-order valence-electron chi connectivity index (χ0n) is 12.7. The van der Waals surface area contributed by atoms with E-state index in [1.54, 1.807) is 12.1 Å². The van der Waals surface area contributed by atoms with Crippen LogP contribution < -0.4 is 0 Å². The normalized spacial score (nSPS) is 16.7. The van der Waals surface area contributed by atoms with Gasteiger partial charge in [0.25, 0.3) is 0 Å². The number of nitrogens with zero attached hydrogens (tertiary/aromatic N) is 1. The van der Waals surface area contributed by atoms with E-state index < -0.39 is 16.0 Å². The maximum Gasteiger partial charge on any atom is 0.338 e. The van der Waals surface area contributed by atoms with Crippen LogP contribution >= 0.6 is 15.9 Å². The van der Waals surface area contributed by atoms with E-state index in [2.05, 4.69) is 15.9 Å². The first-order valence-corrected chi connectivity index (χ1v) is 9.48. The first kappa shape index (κ1) is 17.4. The molecular formula is C15H20BrNO4S. The molecule has 0 saturated heterocycles. The molecule has 22 heavy (non-hydrogen) atoms. The van der Waals surface area contributed by atoms with Crippen LogP contribution in [0.4, 0.5) is 0 Å². The second-order valence-corrected chi connectivity index (χ2v) is 8.57. The number of sulfonamides is 1. The van der Waals surface area contributed by atoms with Gasteiger partial charge in [0.05, 0.1) is 10.5 Å². The molecule has 1 aromatic rings. The van der Waals surface area contributed by atoms with Gasteiger partial charge in [0, 0.05) is 18.6 Å². The number of hydrogen-bond donors (Lipinski definition) is 0. The Bertz CT molecular complexity index is 652. The smallest absolute Gasteiger partial charge is 0.338 e. The predicted molar refractivity (Wildman–Crippen MR) is 87.3 cm³/mol. The molecule has 0 heterocycles. The third-order valence-electron chi connectivity index (χ3n) is 3.75. The van der Waals surface area contributed by atoms with Crippen LogP contribution in [0.2, 0.25) is 0 Å². The van der Waals surface area contributed by atoms with Crippen molar-refractivity contribution in [2.45, 2.75) is 43.1 Å². The molecule has 1 aromatic carbocycles. The van der Waals surface area contributed by atoms with Crippen molar-refractivity contribution in [3.05, 3.63) is 28.2 Å². The van der Waals surface area contributed by atoms with E-state index in [1.165, 1.54) is 26.6 Å². The highest BCUT2D eigenvalue weighted by atomic mass is 79.9. The fraction of sp³-hybridized carbons (Fsp3) is 0.533. The average molecular weight is 390 g/mol. The molecule has 1 aliphatic rings. The van der Waals surface area contributed by atoms with Gasteiger partial charge in [-0.05, 0) is 59.8 Å². The third-order valence-corrected chi connectivity index (χ3v) is 6.56. The number of benzene rings is 1. The molecule has 0 radical (unpaired) electrons. The van der Waals surface area contributed by atoms with Gasteiger partial charge >= 0.3 is 5.97 Å². The summed E-state index contributed by atoms with van der Waals surface area (Å²) in [6.07, 6.45) is 5.02. The van der Waals surface area contributed by atoms with Gasteiger partial charge in [0.2, 0.25) is 10.0 Å². The molecule has 0 N–H and O–H groups in total. The summed E-state index contributed by atoms with van der Waals surface area (Å²) in [6.45, 7) is 0. The molecule has 5 nitrogen and oxygen atoms in total. The molecule has 0 aromatic heterocycles. The highest BCUT2D eigenvalue weighted by Crippen LogP contribution is 2.27. The summed E-state index contributed by atoms with van der Waals surface area (Å²) in [6, 6.07) is 4.50. The monoisotopic (exact) mass is 389 g/mol. The highest BCUT2D eigenvalue weighted by molar-refractivity contribution is 9.10. The maximum absolute atomic E-state index is 12.3. The summed E-state index contributed by atoms with van der Waals surface area (Å²) in [4.78, 5) is 12.3. The zero-order chi connectivity index (χ0) is 16.3. The summed E-state index contributed by atoms with van der Waals surface area (Å²) < 4.78 is 31.5. The van der Waals surface area contributed by atoms with Crippen molar-refractivity contribution < 1.29 is 17.9 Å². The SMILES string of the molecule is CN(C)S(=O)(=O)c1cc(C(=O)OC2CCCCC2)ccc1Br. The van der Waals surface area contributed by atoms with Crippen molar-refractivity contribution in [1.29, 1.82) is 0 Å². The topological polar surface area (TPSA) is 63.7 Å². The molecule has 0 amide bonds. The zero-order valence-corrected chi connectivity index (χ0v) is 15.1. The van der Waals surface area contributed by atoms with Crippen molar-refractivity contribution >= 4 is 31.9 Å².